The minimum Gasteiger partial charge on any atom is -0.362 e. The molecule has 0 aromatic heterocycles. The predicted octanol–water partition coefficient (Wildman–Crippen LogP) is 2.57. The first-order valence-corrected chi connectivity index (χ1v) is 11.2. The van der Waals surface area contributed by atoms with E-state index in [1.54, 1.807) is 6.07 Å². The summed E-state index contributed by atoms with van der Waals surface area (Å²) in [6, 6.07) is 7.32. The zero-order chi connectivity index (χ0) is 20.4. The van der Waals surface area contributed by atoms with Gasteiger partial charge >= 0.3 is 0 Å². The van der Waals surface area contributed by atoms with Crippen LogP contribution in [0.25, 0.3) is 0 Å². The molecular weight excluding hydrogens is 392 g/mol. The number of halogens is 1. The van der Waals surface area contributed by atoms with E-state index in [1.165, 1.54) is 30.6 Å². The van der Waals surface area contributed by atoms with Crippen LogP contribution in [0.1, 0.15) is 39.5 Å². The Labute approximate surface area is 179 Å². The SMILES string of the molecule is CCCC[C@@H](CC)CNC(=S)N1CC[NH+](CC(=O)Nc2ccccc2Cl)CC1. The summed E-state index contributed by atoms with van der Waals surface area (Å²) in [5.41, 5.74) is 0.672. The number of thiocarbonyl (C=S) groups is 1. The van der Waals surface area contributed by atoms with E-state index in [4.69, 9.17) is 23.8 Å². The van der Waals surface area contributed by atoms with Gasteiger partial charge < -0.3 is 20.4 Å². The number of nitrogens with one attached hydrogen (secondary N) is 3. The molecule has 1 aliphatic heterocycles. The molecule has 7 heteroatoms. The van der Waals surface area contributed by atoms with Crippen LogP contribution in [0.15, 0.2) is 24.3 Å². The van der Waals surface area contributed by atoms with Crippen molar-refractivity contribution in [3.63, 3.8) is 0 Å². The minimum absolute atomic E-state index is 0.000960. The molecule has 0 aliphatic carbocycles. The highest BCUT2D eigenvalue weighted by Crippen LogP contribution is 2.19. The third kappa shape index (κ3) is 7.57. The molecule has 156 valence electrons. The zero-order valence-corrected chi connectivity index (χ0v) is 18.7. The van der Waals surface area contributed by atoms with E-state index >= 15 is 0 Å². The van der Waals surface area contributed by atoms with Crippen LogP contribution in [-0.4, -0.2) is 55.2 Å². The van der Waals surface area contributed by atoms with Gasteiger partial charge in [0.2, 0.25) is 0 Å². The van der Waals surface area contributed by atoms with Crippen LogP contribution in [0.2, 0.25) is 5.02 Å². The number of hydrogen-bond acceptors (Lipinski definition) is 2. The first-order valence-electron chi connectivity index (χ1n) is 10.4. The van der Waals surface area contributed by atoms with Crippen LogP contribution in [0, 0.1) is 5.92 Å². The van der Waals surface area contributed by atoms with Crippen molar-refractivity contribution in [2.75, 3.05) is 44.6 Å². The standard InChI is InChI=1S/C21H33ClN4OS/c1-3-5-8-17(4-2)15-23-21(28)26-13-11-25(12-14-26)16-20(27)24-19-10-7-6-9-18(19)22/h6-7,9-10,17H,3-5,8,11-16H2,1-2H3,(H,23,28)(H,24,27)/p+1/t17-/m1/s1. The fourth-order valence-corrected chi connectivity index (χ4v) is 3.92. The number of anilines is 1. The predicted molar refractivity (Wildman–Crippen MR) is 121 cm³/mol. The van der Waals surface area contributed by atoms with Crippen molar-refractivity contribution in [3.8, 4) is 0 Å². The lowest BCUT2D eigenvalue weighted by atomic mass is 9.99. The molecule has 2 rings (SSSR count). The van der Waals surface area contributed by atoms with E-state index in [9.17, 15) is 4.79 Å². The van der Waals surface area contributed by atoms with Gasteiger partial charge in [0.05, 0.1) is 36.9 Å². The van der Waals surface area contributed by atoms with Crippen LogP contribution >= 0.6 is 23.8 Å². The van der Waals surface area contributed by atoms with Crippen LogP contribution in [0.3, 0.4) is 0 Å². The summed E-state index contributed by atoms with van der Waals surface area (Å²) < 4.78 is 0. The number of para-hydroxylation sites is 1. The number of piperazine rings is 1. The lowest BCUT2D eigenvalue weighted by Gasteiger charge is -2.34. The Morgan fingerprint density at radius 2 is 2.00 bits per heavy atom. The molecule has 1 aliphatic rings. The molecule has 0 unspecified atom stereocenters. The molecule has 0 bridgehead atoms. The number of carbonyl (C=O) groups is 1. The minimum atomic E-state index is -0.000960. The number of amides is 1. The summed E-state index contributed by atoms with van der Waals surface area (Å²) in [6.07, 6.45) is 4.98. The second kappa shape index (κ2) is 12.2. The summed E-state index contributed by atoms with van der Waals surface area (Å²) in [4.78, 5) is 15.8. The van der Waals surface area contributed by atoms with E-state index in [0.717, 1.165) is 37.8 Å². The molecule has 1 fully saturated rings. The number of hydrogen-bond donors (Lipinski definition) is 3. The van der Waals surface area contributed by atoms with Gasteiger partial charge in [-0.2, -0.15) is 0 Å². The maximum absolute atomic E-state index is 12.3. The Hall–Kier alpha value is -1.37. The van der Waals surface area contributed by atoms with Crippen molar-refractivity contribution in [2.45, 2.75) is 39.5 Å². The van der Waals surface area contributed by atoms with Crippen molar-refractivity contribution >= 4 is 40.5 Å². The molecule has 0 saturated carbocycles. The Kier molecular flexibility index (Phi) is 10.0. The first kappa shape index (κ1) is 22.9. The Morgan fingerprint density at radius 3 is 2.64 bits per heavy atom. The van der Waals surface area contributed by atoms with Crippen LogP contribution in [0.4, 0.5) is 5.69 Å². The first-order chi connectivity index (χ1) is 13.5. The summed E-state index contributed by atoms with van der Waals surface area (Å²) in [5.74, 6) is 0.692. The topological polar surface area (TPSA) is 48.8 Å². The van der Waals surface area contributed by atoms with Gasteiger partial charge in [0.15, 0.2) is 11.7 Å². The van der Waals surface area contributed by atoms with E-state index in [1.807, 2.05) is 18.2 Å². The normalized spacial score (nSPS) is 15.9. The monoisotopic (exact) mass is 425 g/mol. The van der Waals surface area contributed by atoms with Gasteiger partial charge in [-0.25, -0.2) is 0 Å². The highest BCUT2D eigenvalue weighted by atomic mass is 35.5. The van der Waals surface area contributed by atoms with Crippen LogP contribution in [0.5, 0.6) is 0 Å². The number of nitrogens with zero attached hydrogens (tertiary/aromatic N) is 1. The number of quaternary nitrogens is 1. The maximum Gasteiger partial charge on any atom is 0.279 e. The number of unbranched alkanes of at least 4 members (excludes halogenated alkanes) is 1. The van der Waals surface area contributed by atoms with E-state index in [-0.39, 0.29) is 5.91 Å². The zero-order valence-electron chi connectivity index (χ0n) is 17.1. The molecular formula is C21H34ClN4OS+. The molecule has 28 heavy (non-hydrogen) atoms. The van der Waals surface area contributed by atoms with Crippen molar-refractivity contribution < 1.29 is 9.69 Å². The number of carbonyl (C=O) groups excluding carboxylic acids is 1. The van der Waals surface area contributed by atoms with Gasteiger partial charge in [0, 0.05) is 6.54 Å². The Balaban J connectivity index is 1.69. The largest absolute Gasteiger partial charge is 0.362 e. The quantitative estimate of drug-likeness (QED) is 0.532. The molecule has 1 saturated heterocycles. The molecule has 3 N–H and O–H groups in total. The van der Waals surface area contributed by atoms with Gasteiger partial charge in [-0.05, 0) is 36.7 Å². The van der Waals surface area contributed by atoms with Crippen LogP contribution in [-0.2, 0) is 4.79 Å². The second-order valence-corrected chi connectivity index (χ2v) is 8.34. The van der Waals surface area contributed by atoms with Crippen molar-refractivity contribution in [1.29, 1.82) is 0 Å². The molecule has 1 heterocycles. The fourth-order valence-electron chi connectivity index (χ4n) is 3.47. The average molecular weight is 426 g/mol. The van der Waals surface area contributed by atoms with Gasteiger partial charge in [-0.3, -0.25) is 4.79 Å². The fraction of sp³-hybridized carbons (Fsp3) is 0.619. The summed E-state index contributed by atoms with van der Waals surface area (Å²) >= 11 is 11.7. The molecule has 5 nitrogen and oxygen atoms in total. The Bertz CT molecular complexity index is 635. The van der Waals surface area contributed by atoms with Crippen molar-refractivity contribution in [3.05, 3.63) is 29.3 Å². The van der Waals surface area contributed by atoms with Gasteiger partial charge in [0.1, 0.15) is 0 Å². The smallest absolute Gasteiger partial charge is 0.279 e. The molecule has 1 aromatic rings. The van der Waals surface area contributed by atoms with Gasteiger partial charge in [-0.15, -0.1) is 0 Å². The average Bonchev–Trinajstić information content (AvgIpc) is 2.70. The van der Waals surface area contributed by atoms with Crippen LogP contribution < -0.4 is 15.5 Å². The molecule has 1 atom stereocenters. The lowest BCUT2D eigenvalue weighted by Crippen LogP contribution is -3.15. The van der Waals surface area contributed by atoms with Gasteiger partial charge in [-0.1, -0.05) is 56.8 Å². The third-order valence-corrected chi connectivity index (χ3v) is 6.13. The molecule has 1 amide bonds. The second-order valence-electron chi connectivity index (χ2n) is 7.54. The van der Waals surface area contributed by atoms with Crippen molar-refractivity contribution in [1.82, 2.24) is 10.2 Å². The lowest BCUT2D eigenvalue weighted by molar-refractivity contribution is -0.895. The number of benzene rings is 1. The third-order valence-electron chi connectivity index (χ3n) is 5.40. The maximum atomic E-state index is 12.3. The van der Waals surface area contributed by atoms with E-state index in [2.05, 4.69) is 29.4 Å². The van der Waals surface area contributed by atoms with Crippen molar-refractivity contribution in [2.24, 2.45) is 5.92 Å². The highest BCUT2D eigenvalue weighted by Gasteiger charge is 2.24. The highest BCUT2D eigenvalue weighted by molar-refractivity contribution is 7.80. The van der Waals surface area contributed by atoms with E-state index in [0.29, 0.717) is 23.2 Å². The molecule has 0 spiro atoms. The van der Waals surface area contributed by atoms with E-state index < -0.39 is 0 Å². The Morgan fingerprint density at radius 1 is 1.29 bits per heavy atom. The summed E-state index contributed by atoms with van der Waals surface area (Å²) in [7, 11) is 0. The summed E-state index contributed by atoms with van der Waals surface area (Å²) in [5, 5.41) is 7.79. The number of rotatable bonds is 9. The molecule has 0 radical (unpaired) electrons. The molecule has 1 aromatic carbocycles. The van der Waals surface area contributed by atoms with Gasteiger partial charge in [0.25, 0.3) is 5.91 Å². The summed E-state index contributed by atoms with van der Waals surface area (Å²) in [6.45, 7) is 9.48.